The molecule has 6 rings (SSSR count). The number of carbonyl (C=O) groups excluding carboxylic acids is 2. The molecule has 4 aromatic carbocycles. The van der Waals surface area contributed by atoms with Crippen LogP contribution in [0, 0.1) is 20.2 Å². The van der Waals surface area contributed by atoms with E-state index in [1.165, 1.54) is 36.4 Å². The Bertz CT molecular complexity index is 1730. The van der Waals surface area contributed by atoms with Gasteiger partial charge < -0.3 is 25.0 Å². The maximum absolute atomic E-state index is 13.2. The molecule has 13 nitrogen and oxygen atoms in total. The van der Waals surface area contributed by atoms with Gasteiger partial charge in [0.05, 0.1) is 27.0 Å². The molecule has 0 unspecified atom stereocenters. The van der Waals surface area contributed by atoms with Gasteiger partial charge in [0, 0.05) is 46.6 Å². The van der Waals surface area contributed by atoms with Crippen LogP contribution in [0.5, 0.6) is 23.0 Å². The summed E-state index contributed by atoms with van der Waals surface area (Å²) >= 11 is 0. The number of nitrogens with zero attached hydrogens (tertiary/aromatic N) is 2. The SMILES string of the molecule is O=C(Nc1ccc2c(c1)C(=O)OC21c2ccc(O)cc2Oc2cc(O)ccc21)c1cc([N+](=O)[O-])cc([N+](=O)[O-])c1. The first kappa shape index (κ1) is 24.4. The number of hydrogen-bond donors (Lipinski definition) is 3. The van der Waals surface area contributed by atoms with Crippen LogP contribution in [0.15, 0.2) is 72.8 Å². The van der Waals surface area contributed by atoms with Crippen LogP contribution < -0.4 is 10.1 Å². The van der Waals surface area contributed by atoms with E-state index >= 15 is 0 Å². The van der Waals surface area contributed by atoms with Crippen LogP contribution in [0.1, 0.15) is 37.4 Å². The van der Waals surface area contributed by atoms with Crippen molar-refractivity contribution in [1.29, 1.82) is 0 Å². The molecule has 1 amide bonds. The Hall–Kier alpha value is -5.98. The van der Waals surface area contributed by atoms with E-state index in [-0.39, 0.29) is 39.8 Å². The number of nitro benzene ring substituents is 2. The van der Waals surface area contributed by atoms with E-state index in [9.17, 15) is 40.0 Å². The van der Waals surface area contributed by atoms with Gasteiger partial charge in [-0.05, 0) is 36.4 Å². The normalized spacial score (nSPS) is 13.8. The number of carbonyl (C=O) groups is 2. The first-order valence-electron chi connectivity index (χ1n) is 11.5. The highest BCUT2D eigenvalue weighted by atomic mass is 16.6. The number of nitrogens with one attached hydrogen (secondary N) is 1. The Labute approximate surface area is 223 Å². The Kier molecular flexibility index (Phi) is 5.19. The zero-order valence-corrected chi connectivity index (χ0v) is 20.0. The third-order valence-corrected chi connectivity index (χ3v) is 6.62. The molecule has 4 aromatic rings. The van der Waals surface area contributed by atoms with Crippen LogP contribution in [0.25, 0.3) is 0 Å². The summed E-state index contributed by atoms with van der Waals surface area (Å²) in [6.07, 6.45) is 0. The number of hydrogen-bond acceptors (Lipinski definition) is 10. The molecule has 0 fully saturated rings. The Morgan fingerprint density at radius 2 is 1.32 bits per heavy atom. The lowest BCUT2D eigenvalue weighted by Crippen LogP contribution is -2.32. The number of anilines is 1. The van der Waals surface area contributed by atoms with E-state index in [0.717, 1.165) is 18.2 Å². The average Bonchev–Trinajstić information content (AvgIpc) is 3.19. The topological polar surface area (TPSA) is 191 Å². The maximum Gasteiger partial charge on any atom is 0.340 e. The molecule has 1 spiro atoms. The highest BCUT2D eigenvalue weighted by Crippen LogP contribution is 2.57. The van der Waals surface area contributed by atoms with Crippen molar-refractivity contribution < 1.29 is 39.1 Å². The Morgan fingerprint density at radius 3 is 1.88 bits per heavy atom. The lowest BCUT2D eigenvalue weighted by Gasteiger charge is -2.36. The number of non-ortho nitro benzene ring substituents is 2. The van der Waals surface area contributed by atoms with Crippen molar-refractivity contribution in [3.8, 4) is 23.0 Å². The molecule has 2 aliphatic rings. The van der Waals surface area contributed by atoms with Crippen molar-refractivity contribution in [2.75, 3.05) is 5.32 Å². The molecule has 40 heavy (non-hydrogen) atoms. The fourth-order valence-electron chi connectivity index (χ4n) is 4.92. The molecule has 0 saturated carbocycles. The Balaban J connectivity index is 1.43. The molecule has 0 radical (unpaired) electrons. The molecule has 0 aliphatic carbocycles. The van der Waals surface area contributed by atoms with Crippen molar-refractivity contribution in [3.63, 3.8) is 0 Å². The number of fused-ring (bicyclic) bond motifs is 6. The zero-order chi connectivity index (χ0) is 28.3. The summed E-state index contributed by atoms with van der Waals surface area (Å²) in [5, 5.41) is 44.9. The maximum atomic E-state index is 13.2. The molecule has 2 heterocycles. The highest BCUT2D eigenvalue weighted by Gasteiger charge is 2.53. The average molecular weight is 541 g/mol. The quantitative estimate of drug-likeness (QED) is 0.185. The van der Waals surface area contributed by atoms with Gasteiger partial charge in [0.2, 0.25) is 0 Å². The summed E-state index contributed by atoms with van der Waals surface area (Å²) in [6, 6.07) is 15.5. The van der Waals surface area contributed by atoms with Crippen molar-refractivity contribution in [1.82, 2.24) is 0 Å². The van der Waals surface area contributed by atoms with Crippen LogP contribution in [-0.4, -0.2) is 31.9 Å². The minimum Gasteiger partial charge on any atom is -0.508 e. The van der Waals surface area contributed by atoms with Gasteiger partial charge in [-0.2, -0.15) is 0 Å². The summed E-state index contributed by atoms with van der Waals surface area (Å²) in [6.45, 7) is 0. The number of esters is 1. The van der Waals surface area contributed by atoms with Crippen molar-refractivity contribution in [2.45, 2.75) is 5.60 Å². The standard InChI is InChI=1S/C27H15N3O10/c31-17-2-5-21-23(11-17)39-24-12-18(32)3-6-22(24)27(21)20-4-1-14(9-19(20)26(34)40-27)28-25(33)13-7-15(29(35)36)10-16(8-13)30(37)38/h1-12,31-32H,(H,28,33). The molecule has 13 heteroatoms. The number of nitro groups is 2. The lowest BCUT2D eigenvalue weighted by molar-refractivity contribution is -0.394. The summed E-state index contributed by atoms with van der Waals surface area (Å²) in [5.41, 5.74) is -1.66. The van der Waals surface area contributed by atoms with Gasteiger partial charge in [-0.1, -0.05) is 6.07 Å². The van der Waals surface area contributed by atoms with Crippen LogP contribution >= 0.6 is 0 Å². The van der Waals surface area contributed by atoms with Gasteiger partial charge in [0.15, 0.2) is 5.60 Å². The number of ether oxygens (including phenoxy) is 2. The third-order valence-electron chi connectivity index (χ3n) is 6.62. The van der Waals surface area contributed by atoms with Crippen LogP contribution in [0.4, 0.5) is 17.1 Å². The monoisotopic (exact) mass is 541 g/mol. The fraction of sp³-hybridized carbons (Fsp3) is 0.0370. The number of phenolic OH excluding ortho intramolecular Hbond substituents is 2. The third kappa shape index (κ3) is 3.64. The van der Waals surface area contributed by atoms with Crippen molar-refractivity contribution in [3.05, 3.63) is 121 Å². The minimum absolute atomic E-state index is 0.0859. The predicted molar refractivity (Wildman–Crippen MR) is 136 cm³/mol. The molecule has 0 saturated heterocycles. The van der Waals surface area contributed by atoms with Gasteiger partial charge in [-0.3, -0.25) is 25.0 Å². The summed E-state index contributed by atoms with van der Waals surface area (Å²) < 4.78 is 11.9. The number of phenols is 2. The van der Waals surface area contributed by atoms with E-state index in [4.69, 9.17) is 9.47 Å². The van der Waals surface area contributed by atoms with Crippen LogP contribution in [-0.2, 0) is 10.3 Å². The molecular formula is C27H15N3O10. The van der Waals surface area contributed by atoms with Crippen LogP contribution in [0.2, 0.25) is 0 Å². The molecule has 2 aliphatic heterocycles. The second-order valence-corrected chi connectivity index (χ2v) is 9.00. The predicted octanol–water partition coefficient (Wildman–Crippen LogP) is 4.73. The minimum atomic E-state index is -1.50. The molecule has 0 aromatic heterocycles. The first-order valence-corrected chi connectivity index (χ1v) is 11.5. The molecule has 198 valence electrons. The number of aromatic hydroxyl groups is 2. The largest absolute Gasteiger partial charge is 0.508 e. The number of benzene rings is 4. The fourth-order valence-corrected chi connectivity index (χ4v) is 4.92. The van der Waals surface area contributed by atoms with Gasteiger partial charge in [0.25, 0.3) is 17.3 Å². The van der Waals surface area contributed by atoms with Crippen molar-refractivity contribution >= 4 is 28.9 Å². The summed E-state index contributed by atoms with van der Waals surface area (Å²) in [4.78, 5) is 46.8. The number of amides is 1. The zero-order valence-electron chi connectivity index (χ0n) is 20.0. The second-order valence-electron chi connectivity index (χ2n) is 9.00. The second kappa shape index (κ2) is 8.52. The molecule has 0 atom stereocenters. The number of rotatable bonds is 4. The van der Waals surface area contributed by atoms with E-state index in [2.05, 4.69) is 5.32 Å². The van der Waals surface area contributed by atoms with E-state index in [1.807, 2.05) is 0 Å². The van der Waals surface area contributed by atoms with Gasteiger partial charge >= 0.3 is 5.97 Å². The van der Waals surface area contributed by atoms with Crippen LogP contribution in [0.3, 0.4) is 0 Å². The first-order chi connectivity index (χ1) is 19.1. The summed E-state index contributed by atoms with van der Waals surface area (Å²) in [5.74, 6) is -1.41. The molecule has 0 bridgehead atoms. The lowest BCUT2D eigenvalue weighted by atomic mass is 9.77. The Morgan fingerprint density at radius 1 is 0.775 bits per heavy atom. The van der Waals surface area contributed by atoms with E-state index in [0.29, 0.717) is 16.7 Å². The van der Waals surface area contributed by atoms with Crippen molar-refractivity contribution in [2.24, 2.45) is 0 Å². The van der Waals surface area contributed by atoms with Gasteiger partial charge in [0.1, 0.15) is 23.0 Å². The van der Waals surface area contributed by atoms with Gasteiger partial charge in [-0.15, -0.1) is 0 Å². The molecular weight excluding hydrogens is 526 g/mol. The van der Waals surface area contributed by atoms with E-state index in [1.54, 1.807) is 18.2 Å². The smallest absolute Gasteiger partial charge is 0.340 e. The van der Waals surface area contributed by atoms with E-state index < -0.39 is 38.7 Å². The summed E-state index contributed by atoms with van der Waals surface area (Å²) in [7, 11) is 0. The van der Waals surface area contributed by atoms with Gasteiger partial charge in [-0.25, -0.2) is 4.79 Å². The highest BCUT2D eigenvalue weighted by molar-refractivity contribution is 6.06. The molecule has 3 N–H and O–H groups in total.